The monoisotopic (exact) mass is 429 g/mol. The second-order valence-corrected chi connectivity index (χ2v) is 5.78. The topological polar surface area (TPSA) is 22.1 Å². The lowest BCUT2D eigenvalue weighted by molar-refractivity contribution is -0.227. The van der Waals surface area contributed by atoms with E-state index in [0.717, 1.165) is 18.2 Å². The van der Waals surface area contributed by atoms with Crippen molar-refractivity contribution >= 4 is 27.5 Å². The third-order valence-electron chi connectivity index (χ3n) is 3.31. The van der Waals surface area contributed by atoms with Gasteiger partial charge in [-0.05, 0) is 30.3 Å². The van der Waals surface area contributed by atoms with Gasteiger partial charge in [0.2, 0.25) is 0 Å². The Kier molecular flexibility index (Phi) is 5.39. The number of pyridine rings is 1. The summed E-state index contributed by atoms with van der Waals surface area (Å²) in [4.78, 5) is 3.76. The van der Waals surface area contributed by atoms with E-state index in [1.54, 1.807) is 0 Å². The maximum Gasteiger partial charge on any atom is 0.429 e. The van der Waals surface area contributed by atoms with Crippen molar-refractivity contribution < 1.29 is 26.7 Å². The van der Waals surface area contributed by atoms with Crippen LogP contribution in [-0.4, -0.2) is 23.6 Å². The number of hydrogen-bond acceptors (Lipinski definition) is 2. The number of ether oxygens (including phenoxy) is 1. The highest BCUT2D eigenvalue weighted by Gasteiger charge is 2.57. The van der Waals surface area contributed by atoms with E-state index in [1.807, 2.05) is 0 Å². The van der Waals surface area contributed by atoms with Crippen LogP contribution in [0.4, 0.5) is 22.0 Å². The summed E-state index contributed by atoms with van der Waals surface area (Å²) in [5.74, 6) is -0.605. The molecule has 0 aliphatic carbocycles. The van der Waals surface area contributed by atoms with Crippen molar-refractivity contribution in [1.82, 2.24) is 4.98 Å². The number of halogens is 7. The van der Waals surface area contributed by atoms with Gasteiger partial charge in [-0.15, -0.1) is 0 Å². The highest BCUT2D eigenvalue weighted by molar-refractivity contribution is 9.09. The Hall–Kier alpha value is -1.41. The summed E-state index contributed by atoms with van der Waals surface area (Å²) in [5.41, 5.74) is -4.41. The molecule has 1 heterocycles. The second-order valence-electron chi connectivity index (χ2n) is 4.81. The van der Waals surface area contributed by atoms with Gasteiger partial charge in [-0.25, -0.2) is 13.8 Å². The standard InChI is InChI=1S/C15H10BrClF5NO/c1-24-11-4-5-12(14(19,7-16)15(20,21)22)23-13(11)8-2-3-10(18)9(17)6-8/h2-6H,7H2,1H3. The summed E-state index contributed by atoms with van der Waals surface area (Å²) in [7, 11) is 1.28. The van der Waals surface area contributed by atoms with Gasteiger partial charge in [-0.3, -0.25) is 0 Å². The molecule has 130 valence electrons. The van der Waals surface area contributed by atoms with Crippen LogP contribution < -0.4 is 4.74 Å². The molecule has 1 aromatic heterocycles. The van der Waals surface area contributed by atoms with Gasteiger partial charge in [0, 0.05) is 5.56 Å². The van der Waals surface area contributed by atoms with Crippen LogP contribution in [0.25, 0.3) is 11.3 Å². The predicted molar refractivity (Wildman–Crippen MR) is 83.8 cm³/mol. The highest BCUT2D eigenvalue weighted by atomic mass is 79.9. The van der Waals surface area contributed by atoms with Crippen molar-refractivity contribution in [1.29, 1.82) is 0 Å². The molecule has 0 fully saturated rings. The lowest BCUT2D eigenvalue weighted by Crippen LogP contribution is -2.40. The quantitative estimate of drug-likeness (QED) is 0.460. The lowest BCUT2D eigenvalue weighted by atomic mass is 10.0. The summed E-state index contributed by atoms with van der Waals surface area (Å²) >= 11 is 8.23. The van der Waals surface area contributed by atoms with E-state index in [2.05, 4.69) is 20.9 Å². The summed E-state index contributed by atoms with van der Waals surface area (Å²) in [6.07, 6.45) is -5.17. The van der Waals surface area contributed by atoms with E-state index in [-0.39, 0.29) is 22.0 Å². The van der Waals surface area contributed by atoms with E-state index < -0.39 is 28.7 Å². The van der Waals surface area contributed by atoms with Gasteiger partial charge in [0.25, 0.3) is 5.67 Å². The smallest absolute Gasteiger partial charge is 0.429 e. The molecular formula is C15H10BrClF5NO. The lowest BCUT2D eigenvalue weighted by Gasteiger charge is -2.26. The Balaban J connectivity index is 2.66. The van der Waals surface area contributed by atoms with Crippen LogP contribution >= 0.6 is 27.5 Å². The van der Waals surface area contributed by atoms with Crippen LogP contribution in [-0.2, 0) is 5.67 Å². The average molecular weight is 431 g/mol. The number of aromatic nitrogens is 1. The van der Waals surface area contributed by atoms with E-state index in [0.29, 0.717) is 0 Å². The Morgan fingerprint density at radius 3 is 2.33 bits per heavy atom. The van der Waals surface area contributed by atoms with Gasteiger partial charge in [-0.2, -0.15) is 13.2 Å². The molecule has 2 aromatic rings. The van der Waals surface area contributed by atoms with Crippen molar-refractivity contribution in [3.05, 3.63) is 46.9 Å². The molecule has 1 atom stereocenters. The normalized spacial score (nSPS) is 14.3. The molecule has 0 saturated carbocycles. The molecule has 9 heteroatoms. The minimum absolute atomic E-state index is 0.0795. The average Bonchev–Trinajstić information content (AvgIpc) is 2.55. The molecule has 0 saturated heterocycles. The predicted octanol–water partition coefficient (Wildman–Crippen LogP) is 5.67. The summed E-state index contributed by atoms with van der Waals surface area (Å²) in [6.45, 7) is 0. The number of benzene rings is 1. The van der Waals surface area contributed by atoms with Gasteiger partial charge in [-0.1, -0.05) is 27.5 Å². The molecule has 1 aromatic carbocycles. The fourth-order valence-electron chi connectivity index (χ4n) is 1.97. The maximum atomic E-state index is 14.5. The molecule has 1 unspecified atom stereocenters. The first-order valence-corrected chi connectivity index (χ1v) is 7.96. The number of rotatable bonds is 4. The van der Waals surface area contributed by atoms with Crippen LogP contribution in [0.2, 0.25) is 5.02 Å². The summed E-state index contributed by atoms with van der Waals surface area (Å²) < 4.78 is 72.0. The molecule has 0 aliphatic rings. The van der Waals surface area contributed by atoms with Crippen molar-refractivity contribution in [2.24, 2.45) is 0 Å². The molecule has 0 radical (unpaired) electrons. The Morgan fingerprint density at radius 2 is 1.83 bits per heavy atom. The van der Waals surface area contributed by atoms with Crippen molar-refractivity contribution in [2.45, 2.75) is 11.8 Å². The fourth-order valence-corrected chi connectivity index (χ4v) is 2.76. The van der Waals surface area contributed by atoms with Gasteiger partial charge in [0.15, 0.2) is 0 Å². The first-order valence-electron chi connectivity index (χ1n) is 6.46. The van der Waals surface area contributed by atoms with Gasteiger partial charge >= 0.3 is 6.18 Å². The molecule has 0 spiro atoms. The zero-order chi connectivity index (χ0) is 18.1. The number of nitrogens with zero attached hydrogens (tertiary/aromatic N) is 1. The summed E-state index contributed by atoms with van der Waals surface area (Å²) in [6, 6.07) is 5.52. The van der Waals surface area contributed by atoms with Gasteiger partial charge in [0.05, 0.1) is 23.2 Å². The molecule has 2 nitrogen and oxygen atoms in total. The number of methoxy groups -OCH3 is 1. The van der Waals surface area contributed by atoms with Gasteiger partial charge in [0.1, 0.15) is 17.3 Å². The third-order valence-corrected chi connectivity index (χ3v) is 4.37. The minimum Gasteiger partial charge on any atom is -0.494 e. The van der Waals surface area contributed by atoms with Crippen molar-refractivity contribution in [3.63, 3.8) is 0 Å². The molecule has 2 rings (SSSR count). The molecule has 0 amide bonds. The zero-order valence-electron chi connectivity index (χ0n) is 12.1. The van der Waals surface area contributed by atoms with E-state index >= 15 is 0 Å². The third kappa shape index (κ3) is 3.35. The van der Waals surface area contributed by atoms with Crippen molar-refractivity contribution in [3.8, 4) is 17.0 Å². The van der Waals surface area contributed by atoms with Crippen LogP contribution in [0.1, 0.15) is 5.69 Å². The Bertz CT molecular complexity index is 755. The first-order chi connectivity index (χ1) is 11.1. The molecular weight excluding hydrogens is 421 g/mol. The molecule has 24 heavy (non-hydrogen) atoms. The largest absolute Gasteiger partial charge is 0.494 e. The molecule has 0 N–H and O–H groups in total. The first kappa shape index (κ1) is 18.9. The van der Waals surface area contributed by atoms with Crippen LogP contribution in [0, 0.1) is 5.82 Å². The summed E-state index contributed by atoms with van der Waals surface area (Å²) in [5, 5.41) is -1.27. The van der Waals surface area contributed by atoms with E-state index in [1.165, 1.54) is 19.2 Å². The highest BCUT2D eigenvalue weighted by Crippen LogP contribution is 2.44. The van der Waals surface area contributed by atoms with Crippen LogP contribution in [0.5, 0.6) is 5.75 Å². The molecule has 0 bridgehead atoms. The SMILES string of the molecule is COc1ccc(C(F)(CBr)C(F)(F)F)nc1-c1ccc(F)c(Cl)c1. The maximum absolute atomic E-state index is 14.5. The number of hydrogen-bond donors (Lipinski definition) is 0. The number of alkyl halides is 5. The zero-order valence-corrected chi connectivity index (χ0v) is 14.4. The molecule has 0 aliphatic heterocycles. The van der Waals surface area contributed by atoms with Crippen LogP contribution in [0.3, 0.4) is 0 Å². The van der Waals surface area contributed by atoms with Crippen molar-refractivity contribution in [2.75, 3.05) is 12.4 Å². The van der Waals surface area contributed by atoms with E-state index in [4.69, 9.17) is 16.3 Å². The fraction of sp³-hybridized carbons (Fsp3) is 0.267. The van der Waals surface area contributed by atoms with Gasteiger partial charge < -0.3 is 4.74 Å². The van der Waals surface area contributed by atoms with E-state index in [9.17, 15) is 22.0 Å². The van der Waals surface area contributed by atoms with Crippen LogP contribution in [0.15, 0.2) is 30.3 Å². The Morgan fingerprint density at radius 1 is 1.17 bits per heavy atom. The second kappa shape index (κ2) is 6.84. The minimum atomic E-state index is -5.17. The Labute approximate surface area is 147 Å².